The second kappa shape index (κ2) is 32.8. The van der Waals surface area contributed by atoms with Crippen molar-refractivity contribution in [2.24, 2.45) is 10.2 Å². The molecule has 0 unspecified atom stereocenters. The van der Waals surface area contributed by atoms with Crippen molar-refractivity contribution in [2.75, 3.05) is 10.2 Å². The van der Waals surface area contributed by atoms with Crippen molar-refractivity contribution in [3.63, 3.8) is 0 Å². The van der Waals surface area contributed by atoms with Crippen molar-refractivity contribution in [1.29, 1.82) is 5.26 Å². The molecule has 0 atom stereocenters. The molecule has 0 aliphatic carbocycles. The summed E-state index contributed by atoms with van der Waals surface area (Å²) in [6.07, 6.45) is 2.15. The van der Waals surface area contributed by atoms with Crippen LogP contribution in [0.1, 0.15) is 98.7 Å². The summed E-state index contributed by atoms with van der Waals surface area (Å²) in [4.78, 5) is 16.9. The van der Waals surface area contributed by atoms with Gasteiger partial charge in [-0.1, -0.05) is 89.4 Å². The van der Waals surface area contributed by atoms with Gasteiger partial charge in [0.1, 0.15) is 39.1 Å². The van der Waals surface area contributed by atoms with Gasteiger partial charge >= 0.3 is 107 Å². The van der Waals surface area contributed by atoms with Gasteiger partial charge in [0.25, 0.3) is 0 Å². The van der Waals surface area contributed by atoms with Crippen molar-refractivity contribution in [3.8, 4) is 11.2 Å². The van der Waals surface area contributed by atoms with Crippen molar-refractivity contribution in [3.05, 3.63) is 123 Å². The van der Waals surface area contributed by atoms with Crippen LogP contribution in [0.15, 0.2) is 69.7 Å². The zero-order valence-electron chi connectivity index (χ0n) is 47.4. The number of nitriles is 1. The van der Waals surface area contributed by atoms with Gasteiger partial charge in [0.05, 0.1) is 16.3 Å². The molecular weight excluding hydrogens is 1150 g/mol. The van der Waals surface area contributed by atoms with Crippen LogP contribution in [0.2, 0.25) is 0 Å². The average Bonchev–Trinajstić information content (AvgIpc) is 4.08. The molecular formula is C50H48Li4N10O12S6. The quantitative estimate of drug-likeness (QED) is 0.0552. The molecule has 4 aromatic carbocycles. The second-order valence-corrected chi connectivity index (χ2v) is 22.1. The standard InChI is InChI=1S/C50H49N10O3S3.4Li.3O3S/c1-11-31-23-28(5)24-32(12-2)42(31)55-46-41(56-57-47-35(27-51)45(50(8,9)10)58-60(47)49-53-37-20-16-18-22-39(37)65-49)29(6)26-40(54-46)59(48-52-36-19-15-17-21-38(36)64-48)43-33(13-3)25-30(7)44(34(43)14-4)66(61,62)63;;;;;3*1-4(2)3/h15-16,19-23,25-26H,11-14H2,1-10H3,(H,54,55)(H,61,62,63);;;;;;;/q-3;4*+1;;;/p-1. The van der Waals surface area contributed by atoms with E-state index in [9.17, 15) is 18.2 Å². The molecule has 0 saturated carbocycles. The molecule has 8 aromatic rings. The zero-order valence-corrected chi connectivity index (χ0v) is 52.3. The Kier molecular flexibility index (Phi) is 30.0. The van der Waals surface area contributed by atoms with Gasteiger partial charge in [-0.05, 0) is 66.0 Å². The van der Waals surface area contributed by atoms with Crippen molar-refractivity contribution in [1.82, 2.24) is 24.7 Å². The Morgan fingerprint density at radius 1 is 0.756 bits per heavy atom. The first kappa shape index (κ1) is 74.9. The normalized spacial score (nSPS) is 10.7. The summed E-state index contributed by atoms with van der Waals surface area (Å²) >= 11 is 2.81. The molecule has 4 heterocycles. The van der Waals surface area contributed by atoms with E-state index in [1.54, 1.807) is 29.8 Å². The van der Waals surface area contributed by atoms with Crippen LogP contribution in [0, 0.1) is 50.3 Å². The number of benzene rings is 4. The summed E-state index contributed by atoms with van der Waals surface area (Å²) in [7, 11) is -14.2. The van der Waals surface area contributed by atoms with Gasteiger partial charge in [-0.15, -0.1) is 71.4 Å². The number of hydrogen-bond acceptors (Lipinski definition) is 23. The fourth-order valence-electron chi connectivity index (χ4n) is 8.28. The summed E-state index contributed by atoms with van der Waals surface area (Å²) < 4.78 is 119. The number of nitrogens with zero attached hydrogens (tertiary/aromatic N) is 9. The van der Waals surface area contributed by atoms with E-state index < -0.39 is 47.4 Å². The molecule has 0 radical (unpaired) electrons. The molecule has 8 rings (SSSR count). The predicted octanol–water partition coefficient (Wildman–Crippen LogP) is -2.23. The molecule has 0 aliphatic heterocycles. The largest absolute Gasteiger partial charge is 1.00 e. The fourth-order valence-corrected chi connectivity index (χ4v) is 11.1. The Morgan fingerprint density at radius 2 is 1.30 bits per heavy atom. The Balaban J connectivity index is 0.00000192. The molecule has 0 fully saturated rings. The first-order valence-corrected chi connectivity index (χ1v) is 29.3. The van der Waals surface area contributed by atoms with Crippen LogP contribution in [-0.4, -0.2) is 75.6 Å². The number of rotatable bonds is 13. The monoisotopic (exact) mass is 1200 g/mol. The van der Waals surface area contributed by atoms with E-state index in [0.717, 1.165) is 48.4 Å². The van der Waals surface area contributed by atoms with Gasteiger partial charge in [0.15, 0.2) is 16.1 Å². The molecule has 0 spiro atoms. The molecule has 0 bridgehead atoms. The van der Waals surface area contributed by atoms with Gasteiger partial charge in [-0.3, -0.25) is 4.90 Å². The third-order valence-corrected chi connectivity index (χ3v) is 14.4. The maximum atomic E-state index is 13.1. The minimum Gasteiger partial charge on any atom is -0.744 e. The zero-order chi connectivity index (χ0) is 58.0. The van der Waals surface area contributed by atoms with E-state index in [2.05, 4.69) is 49.5 Å². The van der Waals surface area contributed by atoms with Gasteiger partial charge in [-0.2, -0.15) is 91.8 Å². The summed E-state index contributed by atoms with van der Waals surface area (Å²) in [6, 6.07) is 29.0. The number of fused-ring (bicyclic) bond motifs is 2. The molecule has 32 heteroatoms. The number of nitrogens with one attached hydrogen (secondary N) is 1. The first-order chi connectivity index (χ1) is 36.7. The number of thiazole rings is 2. The molecule has 4 aromatic heterocycles. The van der Waals surface area contributed by atoms with Crippen LogP contribution >= 0.6 is 22.7 Å². The van der Waals surface area contributed by atoms with Crippen molar-refractivity contribution < 1.29 is 126 Å². The molecule has 0 amide bonds. The maximum Gasteiger partial charge on any atom is 1.00 e. The van der Waals surface area contributed by atoms with E-state index in [1.165, 1.54) is 22.7 Å². The number of aryl methyl sites for hydroxylation is 6. The van der Waals surface area contributed by atoms with Crippen LogP contribution in [-0.2, 0) is 73.0 Å². The number of pyridine rings is 1. The van der Waals surface area contributed by atoms with E-state index in [-0.39, 0.29) is 98.1 Å². The van der Waals surface area contributed by atoms with E-state index in [1.807, 2.05) is 83.7 Å². The smallest absolute Gasteiger partial charge is 0.744 e. The van der Waals surface area contributed by atoms with E-state index in [0.29, 0.717) is 74.9 Å². The Bertz CT molecular complexity index is 3980. The number of azo groups is 1. The molecule has 22 nitrogen and oxygen atoms in total. The minimum absolute atomic E-state index is 0. The van der Waals surface area contributed by atoms with Crippen LogP contribution < -0.4 is 85.7 Å². The first-order valence-electron chi connectivity index (χ1n) is 23.2. The predicted molar refractivity (Wildman–Crippen MR) is 291 cm³/mol. The third kappa shape index (κ3) is 18.7. The topological polar surface area (TPSA) is 331 Å². The van der Waals surface area contributed by atoms with Crippen LogP contribution in [0.4, 0.5) is 39.6 Å². The minimum atomic E-state index is -4.91. The van der Waals surface area contributed by atoms with Crippen LogP contribution in [0.5, 0.6) is 0 Å². The van der Waals surface area contributed by atoms with Crippen LogP contribution in [0.25, 0.3) is 25.6 Å². The van der Waals surface area contributed by atoms with Gasteiger partial charge in [0.2, 0.25) is 0 Å². The van der Waals surface area contributed by atoms with Gasteiger partial charge in [0, 0.05) is 5.41 Å². The summed E-state index contributed by atoms with van der Waals surface area (Å²) in [6.45, 7) is 19.6. The third-order valence-electron chi connectivity index (χ3n) is 11.3. The molecule has 0 aliphatic rings. The Hall–Kier alpha value is -5.13. The van der Waals surface area contributed by atoms with E-state index >= 15 is 0 Å². The summed E-state index contributed by atoms with van der Waals surface area (Å²) in [5.41, 5.74) is 8.74. The Labute approximate surface area is 535 Å². The van der Waals surface area contributed by atoms with Gasteiger partial charge in [-0.25, -0.2) is 23.4 Å². The second-order valence-electron chi connectivity index (χ2n) is 17.6. The maximum absolute atomic E-state index is 13.1. The molecule has 82 heavy (non-hydrogen) atoms. The number of hydrogen-bond donors (Lipinski definition) is 1. The van der Waals surface area contributed by atoms with Crippen molar-refractivity contribution in [2.45, 2.75) is 105 Å². The average molecular weight is 1200 g/mol. The summed E-state index contributed by atoms with van der Waals surface area (Å²) in [5, 5.41) is 30.2. The number of aromatic nitrogens is 5. The summed E-state index contributed by atoms with van der Waals surface area (Å²) in [5.74, 6) is 0.952. The molecule has 1 N–H and O–H groups in total. The molecule has 410 valence electrons. The Morgan fingerprint density at radius 3 is 1.78 bits per heavy atom. The van der Waals surface area contributed by atoms with Crippen LogP contribution in [0.3, 0.4) is 0 Å². The fraction of sp³-hybridized carbons (Fsp3) is 0.300. The van der Waals surface area contributed by atoms with Crippen molar-refractivity contribution >= 4 is 125 Å². The van der Waals surface area contributed by atoms with E-state index in [4.69, 9.17) is 68.2 Å². The SMILES string of the molecule is CCc1[c-]c(C)cc(CC)c1Nc1nc(N(c2nc3cc[c-]cc3s2)c2c(CC)cc(C)c(S(=O)(=O)[O-])c2CC)cc(C)c1N=Nc1c(C#N)c(C(C)(C)C)nn1-c1nc2cc[c-]cc2s1.O=S(=O)=O.O=S(=O)=O.O=S(=O)=O.[Li+].[Li+].[Li+].[Li+]. The molecule has 0 saturated heterocycles. The van der Waals surface area contributed by atoms with Gasteiger partial charge < -0.3 is 9.87 Å². The number of anilines is 5.